The minimum Gasteiger partial charge on any atom is -0.338 e. The normalized spacial score (nSPS) is 15.3. The fourth-order valence-corrected chi connectivity index (χ4v) is 3.30. The van der Waals surface area contributed by atoms with Crippen molar-refractivity contribution >= 4 is 23.8 Å². The average Bonchev–Trinajstić information content (AvgIpc) is 3.01. The molecule has 1 fully saturated rings. The van der Waals surface area contributed by atoms with Gasteiger partial charge >= 0.3 is 23.8 Å². The van der Waals surface area contributed by atoms with Crippen LogP contribution in [0, 0.1) is 0 Å². The summed E-state index contributed by atoms with van der Waals surface area (Å²) in [6.45, 7) is 3.56. The largest absolute Gasteiger partial charge is 0.397 e. The first-order chi connectivity index (χ1) is 15.4. The number of unbranched alkanes of at least 4 members (excludes halogenated alkanes) is 8. The van der Waals surface area contributed by atoms with E-state index >= 15 is 0 Å². The van der Waals surface area contributed by atoms with Gasteiger partial charge in [-0.15, -0.1) is 0 Å². The van der Waals surface area contributed by atoms with Gasteiger partial charge < -0.3 is 10.6 Å². The van der Waals surface area contributed by atoms with E-state index in [2.05, 4.69) is 34.5 Å². The molecule has 0 aromatic heterocycles. The zero-order chi connectivity index (χ0) is 23.7. The van der Waals surface area contributed by atoms with Gasteiger partial charge in [-0.2, -0.15) is 5.21 Å². The van der Waals surface area contributed by atoms with Crippen LogP contribution in [0.15, 0.2) is 12.2 Å². The Morgan fingerprint density at radius 1 is 0.875 bits per heavy atom. The van der Waals surface area contributed by atoms with Gasteiger partial charge in [0.1, 0.15) is 4.81 Å². The second kappa shape index (κ2) is 16.4. The molecular formula is C23H40N3O6+. The third-order valence-electron chi connectivity index (χ3n) is 5.28. The van der Waals surface area contributed by atoms with Crippen molar-refractivity contribution in [3.63, 3.8) is 0 Å². The number of hydroxylamine groups is 4. The second-order valence-electron chi connectivity index (χ2n) is 8.14. The van der Waals surface area contributed by atoms with Crippen molar-refractivity contribution < 1.29 is 34.0 Å². The summed E-state index contributed by atoms with van der Waals surface area (Å²) < 4.78 is 0. The number of allylic oxidation sites excluding steroid dienone is 2. The number of nitrogens with one attached hydrogen (secondary N) is 2. The highest BCUT2D eigenvalue weighted by atomic mass is 17.0. The molecule has 1 aliphatic heterocycles. The maximum Gasteiger partial charge on any atom is 0.397 e. The van der Waals surface area contributed by atoms with Gasteiger partial charge in [0.05, 0.1) is 19.3 Å². The summed E-state index contributed by atoms with van der Waals surface area (Å²) in [7, 11) is 0. The van der Waals surface area contributed by atoms with Crippen LogP contribution in [-0.4, -0.2) is 46.9 Å². The Bertz CT molecular complexity index is 619. The Morgan fingerprint density at radius 3 is 2.00 bits per heavy atom. The van der Waals surface area contributed by atoms with E-state index in [0.717, 1.165) is 70.8 Å². The number of carbonyl (C=O) groups is 4. The van der Waals surface area contributed by atoms with Gasteiger partial charge in [-0.05, 0) is 44.9 Å². The molecule has 0 aromatic rings. The van der Waals surface area contributed by atoms with Crippen LogP contribution in [0.3, 0.4) is 0 Å². The molecule has 0 spiro atoms. The lowest BCUT2D eigenvalue weighted by Gasteiger charge is -2.15. The van der Waals surface area contributed by atoms with Gasteiger partial charge in [-0.3, -0.25) is 0 Å². The van der Waals surface area contributed by atoms with E-state index in [9.17, 15) is 24.4 Å². The van der Waals surface area contributed by atoms with Crippen LogP contribution < -0.4 is 10.6 Å². The van der Waals surface area contributed by atoms with Crippen LogP contribution in [0.4, 0.5) is 4.79 Å². The number of imide groups is 1. The Kier molecular flexibility index (Phi) is 14.2. The highest BCUT2D eigenvalue weighted by Gasteiger charge is 2.55. The molecule has 4 amide bonds. The lowest BCUT2D eigenvalue weighted by molar-refractivity contribution is -1.12. The number of urea groups is 1. The predicted octanol–water partition coefficient (Wildman–Crippen LogP) is 4.05. The van der Waals surface area contributed by atoms with Crippen molar-refractivity contribution in [2.45, 2.75) is 96.8 Å². The van der Waals surface area contributed by atoms with E-state index in [1.807, 2.05) is 0 Å². The molecule has 0 radical (unpaired) electrons. The lowest BCUT2D eigenvalue weighted by Crippen LogP contribution is -2.50. The van der Waals surface area contributed by atoms with Crippen molar-refractivity contribution in [2.24, 2.45) is 0 Å². The molecular weight excluding hydrogens is 414 g/mol. The predicted molar refractivity (Wildman–Crippen MR) is 119 cm³/mol. The Hall–Kier alpha value is -2.26. The summed E-state index contributed by atoms with van der Waals surface area (Å²) in [6.07, 6.45) is 14.8. The molecule has 1 heterocycles. The van der Waals surface area contributed by atoms with Gasteiger partial charge in [-0.25, -0.2) is 24.0 Å². The molecule has 3 N–H and O–H groups in total. The molecule has 1 saturated heterocycles. The molecule has 32 heavy (non-hydrogen) atoms. The van der Waals surface area contributed by atoms with E-state index in [1.54, 1.807) is 0 Å². The van der Waals surface area contributed by atoms with Gasteiger partial charge in [0.15, 0.2) is 0 Å². The molecule has 0 unspecified atom stereocenters. The highest BCUT2D eigenvalue weighted by Crippen LogP contribution is 2.21. The maximum absolute atomic E-state index is 11.7. The minimum absolute atomic E-state index is 0.0712. The number of quaternary nitrogens is 1. The fourth-order valence-electron chi connectivity index (χ4n) is 3.30. The third-order valence-corrected chi connectivity index (χ3v) is 5.28. The van der Waals surface area contributed by atoms with Crippen LogP contribution in [0.1, 0.15) is 96.8 Å². The van der Waals surface area contributed by atoms with Crippen LogP contribution >= 0.6 is 0 Å². The maximum atomic E-state index is 11.7. The minimum atomic E-state index is -1.83. The van der Waals surface area contributed by atoms with Crippen molar-refractivity contribution in [1.82, 2.24) is 10.6 Å². The molecule has 0 saturated carbocycles. The first-order valence-electron chi connectivity index (χ1n) is 12.0. The summed E-state index contributed by atoms with van der Waals surface area (Å²) in [5.74, 6) is -2.33. The van der Waals surface area contributed by atoms with E-state index in [-0.39, 0.29) is 25.3 Å². The van der Waals surface area contributed by atoms with Gasteiger partial charge in [0.25, 0.3) is 0 Å². The number of rotatable bonds is 17. The van der Waals surface area contributed by atoms with Crippen molar-refractivity contribution in [3.8, 4) is 0 Å². The molecule has 0 atom stereocenters. The average molecular weight is 455 g/mol. The lowest BCUT2D eigenvalue weighted by atomic mass is 10.1. The van der Waals surface area contributed by atoms with Gasteiger partial charge in [0, 0.05) is 13.1 Å². The molecule has 0 aromatic carbocycles. The zero-order valence-electron chi connectivity index (χ0n) is 19.4. The van der Waals surface area contributed by atoms with Gasteiger partial charge in [0.2, 0.25) is 0 Å². The summed E-state index contributed by atoms with van der Waals surface area (Å²) in [5.41, 5.74) is 0. The monoisotopic (exact) mass is 454 g/mol. The zero-order valence-corrected chi connectivity index (χ0v) is 19.4. The molecule has 1 aliphatic rings. The molecule has 0 bridgehead atoms. The SMILES string of the molecule is CCCCCNC(=O)NCCCC/C=C\CCCCCCC(=O)O[N+]1(O)C(=O)CCC1=O. The Morgan fingerprint density at radius 2 is 1.41 bits per heavy atom. The quantitative estimate of drug-likeness (QED) is 0.100. The van der Waals surface area contributed by atoms with Crippen molar-refractivity contribution in [1.29, 1.82) is 0 Å². The van der Waals surface area contributed by atoms with E-state index in [0.29, 0.717) is 13.0 Å². The highest BCUT2D eigenvalue weighted by molar-refractivity contribution is 5.91. The first-order valence-corrected chi connectivity index (χ1v) is 12.0. The Labute approximate surface area is 191 Å². The Balaban J connectivity index is 1.91. The molecule has 9 nitrogen and oxygen atoms in total. The summed E-state index contributed by atoms with van der Waals surface area (Å²) in [6, 6.07) is -0.0830. The van der Waals surface area contributed by atoms with Gasteiger partial charge in [-0.1, -0.05) is 44.8 Å². The second-order valence-corrected chi connectivity index (χ2v) is 8.14. The van der Waals surface area contributed by atoms with Crippen molar-refractivity contribution in [3.05, 3.63) is 12.2 Å². The van der Waals surface area contributed by atoms with Crippen LogP contribution in [0.25, 0.3) is 0 Å². The van der Waals surface area contributed by atoms with Crippen LogP contribution in [0.2, 0.25) is 0 Å². The number of hydrogen-bond donors (Lipinski definition) is 3. The summed E-state index contributed by atoms with van der Waals surface area (Å²) >= 11 is 0. The summed E-state index contributed by atoms with van der Waals surface area (Å²) in [4.78, 5) is 49.1. The van der Waals surface area contributed by atoms with Crippen LogP contribution in [-0.2, 0) is 19.2 Å². The molecule has 1 rings (SSSR count). The molecule has 9 heteroatoms. The topological polar surface area (TPSA) is 122 Å². The van der Waals surface area contributed by atoms with E-state index in [4.69, 9.17) is 0 Å². The molecule has 182 valence electrons. The first kappa shape index (κ1) is 27.8. The standard InChI is InChI=1S/C23H39N3O6/c1-2-3-13-18-24-23(30)25-19-14-11-9-7-5-4-6-8-10-12-15-22(29)32-26(31)20(27)16-17-21(26)28/h5,7,31H,2-4,6,8-19H2,1H3,(H-,24,25,30)/p+1/b7-5-. The number of carbonyl (C=O) groups excluding carboxylic acids is 4. The van der Waals surface area contributed by atoms with Crippen molar-refractivity contribution in [2.75, 3.05) is 13.1 Å². The van der Waals surface area contributed by atoms with E-state index in [1.165, 1.54) is 0 Å². The third kappa shape index (κ3) is 11.4. The van der Waals surface area contributed by atoms with E-state index < -0.39 is 22.6 Å². The molecule has 0 aliphatic carbocycles. The summed E-state index contributed by atoms with van der Waals surface area (Å²) in [5, 5.41) is 15.6. The smallest absolute Gasteiger partial charge is 0.338 e. The fraction of sp³-hybridized carbons (Fsp3) is 0.739. The number of nitrogens with zero attached hydrogens (tertiary/aromatic N) is 1. The number of amides is 4. The number of hydrogen-bond acceptors (Lipinski definition) is 6. The van der Waals surface area contributed by atoms with Crippen LogP contribution in [0.5, 0.6) is 0 Å².